The fraction of sp³-hybridized carbons (Fsp3) is 0.387. The minimum Gasteiger partial charge on any atom is -0.453 e. The van der Waals surface area contributed by atoms with Crippen molar-refractivity contribution < 1.29 is 49.0 Å². The van der Waals surface area contributed by atoms with E-state index < -0.39 is 50.9 Å². The van der Waals surface area contributed by atoms with E-state index in [2.05, 4.69) is 9.64 Å². The minimum atomic E-state index is -4.77. The first-order chi connectivity index (χ1) is 21.7. The first-order valence-corrected chi connectivity index (χ1v) is 15.7. The highest BCUT2D eigenvalue weighted by Gasteiger charge is 2.53. The number of likely N-dealkylation sites (tertiary alicyclic amines) is 2. The van der Waals surface area contributed by atoms with E-state index >= 15 is 0 Å². The van der Waals surface area contributed by atoms with Gasteiger partial charge < -0.3 is 19.3 Å². The van der Waals surface area contributed by atoms with Gasteiger partial charge in [0.2, 0.25) is 0 Å². The van der Waals surface area contributed by atoms with E-state index in [4.69, 9.17) is 4.74 Å². The molecule has 3 aromatic carbocycles. The summed E-state index contributed by atoms with van der Waals surface area (Å²) >= 11 is 0. The van der Waals surface area contributed by atoms with Gasteiger partial charge in [-0.15, -0.1) is 0 Å². The van der Waals surface area contributed by atoms with Gasteiger partial charge in [0, 0.05) is 50.7 Å². The maximum atomic E-state index is 14.3. The van der Waals surface area contributed by atoms with Gasteiger partial charge in [0.1, 0.15) is 11.6 Å². The van der Waals surface area contributed by atoms with Crippen molar-refractivity contribution in [1.82, 2.24) is 9.80 Å². The van der Waals surface area contributed by atoms with Crippen LogP contribution in [-0.4, -0.2) is 77.3 Å². The Morgan fingerprint density at radius 3 is 2.41 bits per heavy atom. The number of hydrogen-bond donors (Lipinski definition) is 0. The molecule has 1 spiro atoms. The van der Waals surface area contributed by atoms with Crippen LogP contribution in [0.15, 0.2) is 65.6 Å². The normalized spacial score (nSPS) is 19.4. The summed E-state index contributed by atoms with van der Waals surface area (Å²) < 4.78 is 119. The van der Waals surface area contributed by atoms with Gasteiger partial charge in [-0.25, -0.2) is 17.6 Å². The highest BCUT2D eigenvalue weighted by molar-refractivity contribution is 7.92. The number of rotatable bonds is 7. The standard InChI is InChI=1S/C31H29F6N3O5S/c1-44-29(41)39-17-30(18-39)15-38(16-30)13-19-7-21-6-5-20(22-8-24(32)12-25(9-22)45-28(33)34)10-27(21)40(14-19)46(42,43)26-4-2-3-23(11-26)31(35,36)37/h2-6,8-12,19,28H,7,13-18H2,1H3/t19-/m0/s1. The van der Waals surface area contributed by atoms with Crippen molar-refractivity contribution in [2.24, 2.45) is 11.3 Å². The molecule has 0 N–H and O–H groups in total. The molecule has 0 unspecified atom stereocenters. The molecule has 0 saturated carbocycles. The molecular weight excluding hydrogens is 640 g/mol. The van der Waals surface area contributed by atoms with Gasteiger partial charge in [0.15, 0.2) is 0 Å². The fourth-order valence-corrected chi connectivity index (χ4v) is 8.30. The van der Waals surface area contributed by atoms with E-state index in [1.165, 1.54) is 19.2 Å². The van der Waals surface area contributed by atoms with Crippen LogP contribution in [0, 0.1) is 17.2 Å². The Hall–Kier alpha value is -3.98. The number of benzene rings is 3. The number of anilines is 1. The Balaban J connectivity index is 1.31. The van der Waals surface area contributed by atoms with Crippen LogP contribution < -0.4 is 9.04 Å². The summed E-state index contributed by atoms with van der Waals surface area (Å²) in [7, 11) is -3.20. The molecule has 0 radical (unpaired) electrons. The molecule has 246 valence electrons. The SMILES string of the molecule is COC(=O)N1CC2(CN(C[C@@H]3Cc4ccc(-c5cc(F)cc(OC(F)F)c5)cc4N(S(=O)(=O)c4cccc(C(F)(F)F)c4)C3)C2)C1. The lowest BCUT2D eigenvalue weighted by molar-refractivity contribution is -0.137. The molecule has 8 nitrogen and oxygen atoms in total. The lowest BCUT2D eigenvalue weighted by atomic mass is 9.72. The Morgan fingerprint density at radius 1 is 1.00 bits per heavy atom. The molecule has 3 aromatic rings. The van der Waals surface area contributed by atoms with Gasteiger partial charge in [-0.3, -0.25) is 4.31 Å². The molecule has 3 aliphatic rings. The molecule has 0 bridgehead atoms. The van der Waals surface area contributed by atoms with Gasteiger partial charge in [0.05, 0.1) is 23.3 Å². The number of alkyl halides is 5. The van der Waals surface area contributed by atoms with Crippen LogP contribution in [0.25, 0.3) is 11.1 Å². The second kappa shape index (κ2) is 11.7. The van der Waals surface area contributed by atoms with Crippen LogP contribution in [0.4, 0.5) is 36.8 Å². The lowest BCUT2D eigenvalue weighted by Gasteiger charge is -2.60. The van der Waals surface area contributed by atoms with E-state index in [-0.39, 0.29) is 29.1 Å². The number of nitrogens with zero attached hydrogens (tertiary/aromatic N) is 3. The third-order valence-corrected chi connectivity index (χ3v) is 10.4. The molecule has 46 heavy (non-hydrogen) atoms. The summed E-state index contributed by atoms with van der Waals surface area (Å²) in [5.41, 5.74) is 0.0764. The number of methoxy groups -OCH3 is 1. The highest BCUT2D eigenvalue weighted by Crippen LogP contribution is 2.43. The molecule has 1 atom stereocenters. The van der Waals surface area contributed by atoms with Crippen LogP contribution in [0.3, 0.4) is 0 Å². The lowest BCUT2D eigenvalue weighted by Crippen LogP contribution is -2.73. The average Bonchev–Trinajstić information content (AvgIpc) is 2.95. The zero-order valence-electron chi connectivity index (χ0n) is 24.4. The van der Waals surface area contributed by atoms with E-state index in [1.807, 2.05) is 0 Å². The maximum Gasteiger partial charge on any atom is 0.416 e. The topological polar surface area (TPSA) is 79.4 Å². The second-order valence-electron chi connectivity index (χ2n) is 12.0. The molecular formula is C31H29F6N3O5S. The Kier molecular flexibility index (Phi) is 8.12. The Bertz CT molecular complexity index is 1760. The van der Waals surface area contributed by atoms with Crippen molar-refractivity contribution in [3.63, 3.8) is 0 Å². The molecule has 2 fully saturated rings. The number of fused-ring (bicyclic) bond motifs is 1. The molecule has 2 saturated heterocycles. The summed E-state index contributed by atoms with van der Waals surface area (Å²) in [5, 5.41) is 0. The predicted octanol–water partition coefficient (Wildman–Crippen LogP) is 5.86. The van der Waals surface area contributed by atoms with Crippen molar-refractivity contribution in [1.29, 1.82) is 0 Å². The number of sulfonamides is 1. The molecule has 0 aromatic heterocycles. The van der Waals surface area contributed by atoms with E-state index in [0.29, 0.717) is 56.3 Å². The van der Waals surface area contributed by atoms with Crippen LogP contribution in [-0.2, 0) is 27.4 Å². The Morgan fingerprint density at radius 2 is 1.74 bits per heavy atom. The van der Waals surface area contributed by atoms with Crippen molar-refractivity contribution in [2.45, 2.75) is 24.1 Å². The van der Waals surface area contributed by atoms with E-state index in [9.17, 15) is 39.6 Å². The molecule has 15 heteroatoms. The van der Waals surface area contributed by atoms with Crippen molar-refractivity contribution in [3.8, 4) is 16.9 Å². The van der Waals surface area contributed by atoms with Crippen LogP contribution in [0.1, 0.15) is 11.1 Å². The van der Waals surface area contributed by atoms with E-state index in [1.54, 1.807) is 17.0 Å². The van der Waals surface area contributed by atoms with Gasteiger partial charge in [-0.05, 0) is 65.4 Å². The monoisotopic (exact) mass is 669 g/mol. The van der Waals surface area contributed by atoms with Crippen LogP contribution in [0.2, 0.25) is 0 Å². The predicted molar refractivity (Wildman–Crippen MR) is 154 cm³/mol. The molecule has 1 amide bonds. The summed E-state index contributed by atoms with van der Waals surface area (Å²) in [6.07, 6.45) is -4.71. The number of carbonyl (C=O) groups excluding carboxylic acids is 1. The molecule has 6 rings (SSSR count). The second-order valence-corrected chi connectivity index (χ2v) is 13.9. The third-order valence-electron chi connectivity index (χ3n) is 8.59. The van der Waals surface area contributed by atoms with Gasteiger partial charge in [0.25, 0.3) is 10.0 Å². The van der Waals surface area contributed by atoms with Crippen LogP contribution >= 0.6 is 0 Å². The third kappa shape index (κ3) is 6.21. The van der Waals surface area contributed by atoms with Crippen molar-refractivity contribution in [2.75, 3.05) is 50.7 Å². The Labute approximate surface area is 261 Å². The highest BCUT2D eigenvalue weighted by atomic mass is 32.2. The summed E-state index contributed by atoms with van der Waals surface area (Å²) in [4.78, 5) is 15.0. The quantitative estimate of drug-likeness (QED) is 0.293. The van der Waals surface area contributed by atoms with E-state index in [0.717, 1.165) is 34.6 Å². The number of carbonyl (C=O) groups is 1. The summed E-state index contributed by atoms with van der Waals surface area (Å²) in [6, 6.07) is 11.3. The average molecular weight is 670 g/mol. The molecule has 0 aliphatic carbocycles. The number of hydrogen-bond acceptors (Lipinski definition) is 6. The summed E-state index contributed by atoms with van der Waals surface area (Å²) in [6.45, 7) is -0.207. The van der Waals surface area contributed by atoms with Gasteiger partial charge in [-0.2, -0.15) is 22.0 Å². The summed E-state index contributed by atoms with van der Waals surface area (Å²) in [5.74, 6) is -1.51. The largest absolute Gasteiger partial charge is 0.453 e. The van der Waals surface area contributed by atoms with Crippen molar-refractivity contribution in [3.05, 3.63) is 77.6 Å². The molecule has 3 aliphatic heterocycles. The van der Waals surface area contributed by atoms with Gasteiger partial charge >= 0.3 is 18.9 Å². The van der Waals surface area contributed by atoms with Gasteiger partial charge in [-0.1, -0.05) is 18.2 Å². The first kappa shape index (κ1) is 32.0. The maximum absolute atomic E-state index is 14.3. The minimum absolute atomic E-state index is 0.0443. The number of amides is 1. The smallest absolute Gasteiger partial charge is 0.416 e. The zero-order valence-corrected chi connectivity index (χ0v) is 25.3. The van der Waals surface area contributed by atoms with Crippen LogP contribution in [0.5, 0.6) is 5.75 Å². The van der Waals surface area contributed by atoms with Crippen molar-refractivity contribution >= 4 is 21.8 Å². The number of ether oxygens (including phenoxy) is 2. The zero-order chi connectivity index (χ0) is 33.0. The first-order valence-electron chi connectivity index (χ1n) is 14.3. The number of halogens is 6. The molecule has 3 heterocycles. The fourth-order valence-electron chi connectivity index (χ4n) is 6.69.